The van der Waals surface area contributed by atoms with Gasteiger partial charge >= 0.3 is 5.97 Å². The van der Waals surface area contributed by atoms with E-state index < -0.39 is 5.97 Å². The third kappa shape index (κ3) is 5.57. The Balaban J connectivity index is 1.69. The SMILES string of the molecule is O=C(OCC(=O)N(c1ccccc1)C1CCCCC1)c1ccccc1NCCO. The summed E-state index contributed by atoms with van der Waals surface area (Å²) < 4.78 is 5.37. The van der Waals surface area contributed by atoms with Gasteiger partial charge in [-0.25, -0.2) is 4.79 Å². The molecule has 0 aromatic heterocycles. The molecule has 1 saturated carbocycles. The Hall–Kier alpha value is -2.86. The number of ether oxygens (including phenoxy) is 1. The molecule has 2 N–H and O–H groups in total. The van der Waals surface area contributed by atoms with Gasteiger partial charge in [0.2, 0.25) is 0 Å². The number of nitrogens with one attached hydrogen (secondary N) is 1. The van der Waals surface area contributed by atoms with E-state index in [1.54, 1.807) is 29.2 Å². The number of carbonyl (C=O) groups excluding carboxylic acids is 2. The zero-order chi connectivity index (χ0) is 20.5. The Morgan fingerprint density at radius 3 is 2.41 bits per heavy atom. The van der Waals surface area contributed by atoms with Crippen LogP contribution in [0.3, 0.4) is 0 Å². The molecule has 1 amide bonds. The summed E-state index contributed by atoms with van der Waals surface area (Å²) in [5.74, 6) is -0.770. The molecule has 6 heteroatoms. The van der Waals surface area contributed by atoms with Gasteiger partial charge in [-0.3, -0.25) is 4.79 Å². The fourth-order valence-electron chi connectivity index (χ4n) is 3.77. The van der Waals surface area contributed by atoms with Crippen LogP contribution in [0.5, 0.6) is 0 Å². The van der Waals surface area contributed by atoms with Gasteiger partial charge in [0.1, 0.15) is 0 Å². The number of nitrogens with zero attached hydrogens (tertiary/aromatic N) is 1. The molecule has 29 heavy (non-hydrogen) atoms. The van der Waals surface area contributed by atoms with Gasteiger partial charge in [0.15, 0.2) is 6.61 Å². The number of hydrogen-bond donors (Lipinski definition) is 2. The lowest BCUT2D eigenvalue weighted by Gasteiger charge is -2.34. The third-order valence-corrected chi connectivity index (χ3v) is 5.14. The van der Waals surface area contributed by atoms with Crippen molar-refractivity contribution in [1.82, 2.24) is 0 Å². The highest BCUT2D eigenvalue weighted by Crippen LogP contribution is 2.27. The second kappa shape index (κ2) is 10.6. The van der Waals surface area contributed by atoms with E-state index in [-0.39, 0.29) is 25.2 Å². The van der Waals surface area contributed by atoms with Gasteiger partial charge in [-0.05, 0) is 37.1 Å². The molecule has 0 heterocycles. The number of anilines is 2. The largest absolute Gasteiger partial charge is 0.452 e. The first-order valence-electron chi connectivity index (χ1n) is 10.2. The number of benzene rings is 2. The number of hydrogen-bond acceptors (Lipinski definition) is 5. The Kier molecular flexibility index (Phi) is 7.64. The molecule has 2 aromatic carbocycles. The van der Waals surface area contributed by atoms with Crippen LogP contribution in [0.4, 0.5) is 11.4 Å². The molecule has 2 aromatic rings. The maximum atomic E-state index is 13.0. The molecule has 1 fully saturated rings. The smallest absolute Gasteiger partial charge is 0.340 e. The van der Waals surface area contributed by atoms with Crippen molar-refractivity contribution in [1.29, 1.82) is 0 Å². The maximum absolute atomic E-state index is 13.0. The third-order valence-electron chi connectivity index (χ3n) is 5.14. The summed E-state index contributed by atoms with van der Waals surface area (Å²) in [6.45, 7) is -0.0272. The van der Waals surface area contributed by atoms with Crippen LogP contribution in [-0.2, 0) is 9.53 Å². The average molecular weight is 396 g/mol. The summed E-state index contributed by atoms with van der Waals surface area (Å²) in [7, 11) is 0. The first kappa shape index (κ1) is 20.9. The van der Waals surface area contributed by atoms with E-state index in [1.165, 1.54) is 6.42 Å². The molecule has 0 atom stereocenters. The van der Waals surface area contributed by atoms with E-state index >= 15 is 0 Å². The predicted octanol–water partition coefficient (Wildman–Crippen LogP) is 3.61. The number of para-hydroxylation sites is 2. The van der Waals surface area contributed by atoms with Crippen molar-refractivity contribution in [3.05, 3.63) is 60.2 Å². The van der Waals surface area contributed by atoms with Crippen LogP contribution in [0, 0.1) is 0 Å². The number of rotatable bonds is 8. The molecule has 0 unspecified atom stereocenters. The highest BCUT2D eigenvalue weighted by Gasteiger charge is 2.27. The topological polar surface area (TPSA) is 78.9 Å². The Bertz CT molecular complexity index is 804. The molecule has 0 radical (unpaired) electrons. The van der Waals surface area contributed by atoms with Crippen molar-refractivity contribution in [2.45, 2.75) is 38.1 Å². The molecular weight excluding hydrogens is 368 g/mol. The predicted molar refractivity (Wildman–Crippen MR) is 113 cm³/mol. The van der Waals surface area contributed by atoms with Crippen LogP contribution >= 0.6 is 0 Å². The van der Waals surface area contributed by atoms with Crippen LogP contribution in [0.1, 0.15) is 42.5 Å². The first-order chi connectivity index (χ1) is 14.2. The van der Waals surface area contributed by atoms with E-state index in [4.69, 9.17) is 9.84 Å². The average Bonchev–Trinajstić information content (AvgIpc) is 2.78. The van der Waals surface area contributed by atoms with Crippen LogP contribution in [0.2, 0.25) is 0 Å². The Labute approximate surface area is 171 Å². The number of amides is 1. The molecule has 0 bridgehead atoms. The van der Waals surface area contributed by atoms with Gasteiger partial charge in [0.05, 0.1) is 12.2 Å². The quantitative estimate of drug-likeness (QED) is 0.667. The molecule has 154 valence electrons. The minimum Gasteiger partial charge on any atom is -0.452 e. The van der Waals surface area contributed by atoms with Crippen LogP contribution < -0.4 is 10.2 Å². The van der Waals surface area contributed by atoms with Gasteiger partial charge in [0.25, 0.3) is 5.91 Å². The van der Waals surface area contributed by atoms with Gasteiger partial charge in [-0.1, -0.05) is 49.6 Å². The zero-order valence-electron chi connectivity index (χ0n) is 16.5. The fraction of sp³-hybridized carbons (Fsp3) is 0.391. The van der Waals surface area contributed by atoms with Crippen molar-refractivity contribution in [3.8, 4) is 0 Å². The summed E-state index contributed by atoms with van der Waals surface area (Å²) in [5.41, 5.74) is 1.76. The monoisotopic (exact) mass is 396 g/mol. The van der Waals surface area contributed by atoms with Crippen LogP contribution in [0.15, 0.2) is 54.6 Å². The van der Waals surface area contributed by atoms with Gasteiger partial charge in [0, 0.05) is 24.0 Å². The number of esters is 1. The highest BCUT2D eigenvalue weighted by atomic mass is 16.5. The number of carbonyl (C=O) groups is 2. The Morgan fingerprint density at radius 2 is 1.69 bits per heavy atom. The lowest BCUT2D eigenvalue weighted by Crippen LogP contribution is -2.43. The molecule has 3 rings (SSSR count). The first-order valence-corrected chi connectivity index (χ1v) is 10.2. The molecule has 1 aliphatic carbocycles. The summed E-state index contributed by atoms with van der Waals surface area (Å²) in [6.07, 6.45) is 5.32. The molecule has 6 nitrogen and oxygen atoms in total. The molecule has 1 aliphatic rings. The van der Waals surface area contributed by atoms with E-state index in [2.05, 4.69) is 5.32 Å². The summed E-state index contributed by atoms with van der Waals surface area (Å²) in [6, 6.07) is 16.6. The van der Waals surface area contributed by atoms with E-state index in [0.717, 1.165) is 31.4 Å². The Morgan fingerprint density at radius 1 is 1.00 bits per heavy atom. The fourth-order valence-corrected chi connectivity index (χ4v) is 3.77. The second-order valence-corrected chi connectivity index (χ2v) is 7.16. The zero-order valence-corrected chi connectivity index (χ0v) is 16.5. The summed E-state index contributed by atoms with van der Waals surface area (Å²) in [5, 5.41) is 12.0. The van der Waals surface area contributed by atoms with Gasteiger partial charge in [-0.15, -0.1) is 0 Å². The summed E-state index contributed by atoms with van der Waals surface area (Å²) >= 11 is 0. The van der Waals surface area contributed by atoms with Crippen molar-refractivity contribution in [3.63, 3.8) is 0 Å². The van der Waals surface area contributed by atoms with Crippen molar-refractivity contribution >= 4 is 23.3 Å². The van der Waals surface area contributed by atoms with Crippen LogP contribution in [-0.4, -0.2) is 42.8 Å². The highest BCUT2D eigenvalue weighted by molar-refractivity contribution is 5.99. The number of aliphatic hydroxyl groups is 1. The van der Waals surface area contributed by atoms with E-state index in [9.17, 15) is 9.59 Å². The molecule has 0 spiro atoms. The number of aliphatic hydroxyl groups excluding tert-OH is 1. The van der Waals surface area contributed by atoms with Gasteiger partial charge in [-0.2, -0.15) is 0 Å². The van der Waals surface area contributed by atoms with Crippen LogP contribution in [0.25, 0.3) is 0 Å². The van der Waals surface area contributed by atoms with Gasteiger partial charge < -0.3 is 20.1 Å². The second-order valence-electron chi connectivity index (χ2n) is 7.16. The lowest BCUT2D eigenvalue weighted by molar-refractivity contribution is -0.122. The van der Waals surface area contributed by atoms with E-state index in [1.807, 2.05) is 30.3 Å². The van der Waals surface area contributed by atoms with E-state index in [0.29, 0.717) is 17.8 Å². The molecule has 0 aliphatic heterocycles. The molecule has 0 saturated heterocycles. The minimum absolute atomic E-state index is 0.0463. The maximum Gasteiger partial charge on any atom is 0.340 e. The standard InChI is InChI=1S/C23H28N2O4/c26-16-15-24-21-14-8-7-13-20(21)23(28)29-17-22(27)25(18-9-3-1-4-10-18)19-11-5-2-6-12-19/h1,3-4,7-10,13-14,19,24,26H,2,5-6,11-12,15-17H2. The van der Waals surface area contributed by atoms with Crippen molar-refractivity contribution in [2.75, 3.05) is 30.0 Å². The van der Waals surface area contributed by atoms with Crippen molar-refractivity contribution in [2.24, 2.45) is 0 Å². The normalized spacial score (nSPS) is 14.2. The van der Waals surface area contributed by atoms with Crippen molar-refractivity contribution < 1.29 is 19.4 Å². The molecular formula is C23H28N2O4. The summed E-state index contributed by atoms with van der Waals surface area (Å²) in [4.78, 5) is 27.4. The lowest BCUT2D eigenvalue weighted by atomic mass is 9.93. The minimum atomic E-state index is -0.559.